The van der Waals surface area contributed by atoms with E-state index in [1.807, 2.05) is 66.9 Å². The fourth-order valence-electron chi connectivity index (χ4n) is 3.72. The Hall–Kier alpha value is -2.63. The van der Waals surface area contributed by atoms with Crippen LogP contribution in [0.1, 0.15) is 29.6 Å². The van der Waals surface area contributed by atoms with E-state index in [-0.39, 0.29) is 18.3 Å². The molecule has 1 amide bonds. The van der Waals surface area contributed by atoms with E-state index in [9.17, 15) is 4.79 Å². The van der Waals surface area contributed by atoms with Gasteiger partial charge in [0, 0.05) is 18.3 Å². The molecule has 1 aliphatic heterocycles. The number of piperidine rings is 1. The number of rotatable bonds is 6. The van der Waals surface area contributed by atoms with Crippen molar-refractivity contribution in [3.05, 3.63) is 72.4 Å². The Balaban J connectivity index is 0.00000240. The molecule has 6 heteroatoms. The molecule has 0 aliphatic carbocycles. The van der Waals surface area contributed by atoms with Crippen LogP contribution >= 0.6 is 12.4 Å². The Morgan fingerprint density at radius 2 is 1.83 bits per heavy atom. The Morgan fingerprint density at radius 1 is 1.10 bits per heavy atom. The molecule has 0 saturated carbocycles. The highest BCUT2D eigenvalue weighted by Gasteiger charge is 2.19. The summed E-state index contributed by atoms with van der Waals surface area (Å²) >= 11 is 0. The van der Waals surface area contributed by atoms with Gasteiger partial charge >= 0.3 is 0 Å². The number of benzene rings is 2. The van der Waals surface area contributed by atoms with Crippen molar-refractivity contribution in [1.82, 2.24) is 20.4 Å². The topological polar surface area (TPSA) is 59.0 Å². The van der Waals surface area contributed by atoms with Crippen LogP contribution in [0, 0.1) is 5.92 Å². The van der Waals surface area contributed by atoms with Crippen LogP contribution in [0.2, 0.25) is 0 Å². The van der Waals surface area contributed by atoms with E-state index in [0.29, 0.717) is 23.7 Å². The van der Waals surface area contributed by atoms with Crippen LogP contribution in [0.5, 0.6) is 0 Å². The van der Waals surface area contributed by atoms with Gasteiger partial charge in [0.1, 0.15) is 5.69 Å². The summed E-state index contributed by atoms with van der Waals surface area (Å²) in [5, 5.41) is 11.2. The maximum absolute atomic E-state index is 12.9. The van der Waals surface area contributed by atoms with Crippen LogP contribution in [-0.4, -0.2) is 35.3 Å². The van der Waals surface area contributed by atoms with Crippen molar-refractivity contribution in [2.45, 2.75) is 19.3 Å². The number of nitrogens with zero attached hydrogens (tertiary/aromatic N) is 2. The average Bonchev–Trinajstić information content (AvgIpc) is 3.21. The van der Waals surface area contributed by atoms with Crippen LogP contribution in [0.3, 0.4) is 0 Å². The summed E-state index contributed by atoms with van der Waals surface area (Å²) in [6.07, 6.45) is 5.30. The van der Waals surface area contributed by atoms with Gasteiger partial charge in [0.2, 0.25) is 0 Å². The molecule has 152 valence electrons. The maximum Gasteiger partial charge on any atom is 0.255 e. The molecule has 1 unspecified atom stereocenters. The molecule has 1 aromatic heterocycles. The van der Waals surface area contributed by atoms with E-state index >= 15 is 0 Å². The Labute approximate surface area is 177 Å². The van der Waals surface area contributed by atoms with Crippen molar-refractivity contribution >= 4 is 18.3 Å². The van der Waals surface area contributed by atoms with Crippen molar-refractivity contribution in [3.8, 4) is 16.9 Å². The second-order valence-electron chi connectivity index (χ2n) is 7.29. The first-order chi connectivity index (χ1) is 13.8. The zero-order valence-electron chi connectivity index (χ0n) is 16.4. The van der Waals surface area contributed by atoms with Crippen molar-refractivity contribution in [3.63, 3.8) is 0 Å². The van der Waals surface area contributed by atoms with Crippen molar-refractivity contribution < 1.29 is 4.79 Å². The molecular weight excluding hydrogens is 384 g/mol. The molecular formula is C23H27ClN4O. The number of halogens is 1. The molecule has 2 aromatic carbocycles. The second kappa shape index (κ2) is 10.2. The number of nitrogens with one attached hydrogen (secondary N) is 2. The molecule has 4 rings (SSSR count). The lowest BCUT2D eigenvalue weighted by molar-refractivity contribution is 0.0951. The molecule has 2 heterocycles. The lowest BCUT2D eigenvalue weighted by Crippen LogP contribution is -2.33. The quantitative estimate of drug-likeness (QED) is 0.643. The summed E-state index contributed by atoms with van der Waals surface area (Å²) in [5.41, 5.74) is 3.20. The van der Waals surface area contributed by atoms with E-state index in [2.05, 4.69) is 10.6 Å². The van der Waals surface area contributed by atoms with E-state index < -0.39 is 0 Å². The van der Waals surface area contributed by atoms with E-state index in [1.54, 1.807) is 4.68 Å². The summed E-state index contributed by atoms with van der Waals surface area (Å²) in [7, 11) is 0. The summed E-state index contributed by atoms with van der Waals surface area (Å²) in [5.74, 6) is 0.583. The van der Waals surface area contributed by atoms with Crippen LogP contribution in [0.15, 0.2) is 66.9 Å². The Kier molecular flexibility index (Phi) is 7.44. The normalized spacial score (nSPS) is 16.1. The van der Waals surface area contributed by atoms with Gasteiger partial charge in [-0.2, -0.15) is 5.10 Å². The first-order valence-corrected chi connectivity index (χ1v) is 10.0. The first kappa shape index (κ1) is 21.1. The largest absolute Gasteiger partial charge is 0.352 e. The smallest absolute Gasteiger partial charge is 0.255 e. The van der Waals surface area contributed by atoms with E-state index in [0.717, 1.165) is 30.8 Å². The lowest BCUT2D eigenvalue weighted by Gasteiger charge is -2.22. The second-order valence-corrected chi connectivity index (χ2v) is 7.29. The summed E-state index contributed by atoms with van der Waals surface area (Å²) < 4.78 is 1.78. The zero-order valence-corrected chi connectivity index (χ0v) is 17.2. The minimum absolute atomic E-state index is 0. The third-order valence-electron chi connectivity index (χ3n) is 5.26. The average molecular weight is 411 g/mol. The van der Waals surface area contributed by atoms with E-state index in [1.165, 1.54) is 12.8 Å². The zero-order chi connectivity index (χ0) is 19.2. The maximum atomic E-state index is 12.9. The fraction of sp³-hybridized carbons (Fsp3) is 0.304. The predicted molar refractivity (Wildman–Crippen MR) is 119 cm³/mol. The SMILES string of the molecule is Cl.O=C(NCCC1CCCNC1)c1cn(-c2ccccc2)nc1-c1ccccc1. The lowest BCUT2D eigenvalue weighted by atomic mass is 9.96. The van der Waals surface area contributed by atoms with Crippen molar-refractivity contribution in [2.75, 3.05) is 19.6 Å². The minimum Gasteiger partial charge on any atom is -0.352 e. The number of hydrogen-bond donors (Lipinski definition) is 2. The summed E-state index contributed by atoms with van der Waals surface area (Å²) in [6, 6.07) is 19.8. The van der Waals surface area contributed by atoms with Crippen LogP contribution in [0.25, 0.3) is 16.9 Å². The number of hydrogen-bond acceptors (Lipinski definition) is 3. The van der Waals surface area contributed by atoms with Crippen LogP contribution < -0.4 is 10.6 Å². The molecule has 1 aliphatic rings. The summed E-state index contributed by atoms with van der Waals surface area (Å²) in [6.45, 7) is 2.86. The van der Waals surface area contributed by atoms with Crippen LogP contribution in [-0.2, 0) is 0 Å². The number of carbonyl (C=O) groups excluding carboxylic acids is 1. The van der Waals surface area contributed by atoms with Gasteiger partial charge in [-0.25, -0.2) is 4.68 Å². The monoisotopic (exact) mass is 410 g/mol. The molecule has 5 nitrogen and oxygen atoms in total. The van der Waals surface area contributed by atoms with Gasteiger partial charge in [0.25, 0.3) is 5.91 Å². The Morgan fingerprint density at radius 3 is 2.52 bits per heavy atom. The van der Waals surface area contributed by atoms with Gasteiger partial charge in [-0.1, -0.05) is 48.5 Å². The van der Waals surface area contributed by atoms with Gasteiger partial charge in [0.05, 0.1) is 11.3 Å². The third kappa shape index (κ3) is 5.25. The van der Waals surface area contributed by atoms with Gasteiger partial charge in [-0.05, 0) is 50.4 Å². The molecule has 2 N–H and O–H groups in total. The molecule has 0 spiro atoms. The van der Waals surface area contributed by atoms with Gasteiger partial charge in [-0.3, -0.25) is 4.79 Å². The third-order valence-corrected chi connectivity index (χ3v) is 5.26. The van der Waals surface area contributed by atoms with Crippen molar-refractivity contribution in [2.24, 2.45) is 5.92 Å². The highest BCUT2D eigenvalue weighted by atomic mass is 35.5. The van der Waals surface area contributed by atoms with Gasteiger partial charge < -0.3 is 10.6 Å². The number of carbonyl (C=O) groups is 1. The first-order valence-electron chi connectivity index (χ1n) is 10.0. The highest BCUT2D eigenvalue weighted by molar-refractivity contribution is 5.99. The fourth-order valence-corrected chi connectivity index (χ4v) is 3.72. The molecule has 3 aromatic rings. The number of aromatic nitrogens is 2. The van der Waals surface area contributed by atoms with Crippen LogP contribution in [0.4, 0.5) is 0 Å². The molecule has 1 saturated heterocycles. The molecule has 0 bridgehead atoms. The summed E-state index contributed by atoms with van der Waals surface area (Å²) in [4.78, 5) is 12.9. The van der Waals surface area contributed by atoms with Gasteiger partial charge in [-0.15, -0.1) is 12.4 Å². The molecule has 29 heavy (non-hydrogen) atoms. The minimum atomic E-state index is -0.0650. The molecule has 1 fully saturated rings. The standard InChI is InChI=1S/C23H26N4O.ClH/c28-23(25-15-13-18-8-7-14-24-16-18)21-17-27(20-11-5-2-6-12-20)26-22(21)19-9-3-1-4-10-19;/h1-6,9-12,17-18,24H,7-8,13-16H2,(H,25,28);1H. The number of amides is 1. The molecule has 1 atom stereocenters. The molecule has 0 radical (unpaired) electrons. The van der Waals surface area contributed by atoms with E-state index in [4.69, 9.17) is 5.10 Å². The van der Waals surface area contributed by atoms with Crippen molar-refractivity contribution in [1.29, 1.82) is 0 Å². The number of para-hydroxylation sites is 1. The highest BCUT2D eigenvalue weighted by Crippen LogP contribution is 2.23. The Bertz CT molecular complexity index is 905. The van der Waals surface area contributed by atoms with Gasteiger partial charge in [0.15, 0.2) is 0 Å². The predicted octanol–water partition coefficient (Wildman–Crippen LogP) is 4.08.